The summed E-state index contributed by atoms with van der Waals surface area (Å²) in [4.78, 5) is 4.25. The molecule has 0 amide bonds. The van der Waals surface area contributed by atoms with Crippen molar-refractivity contribution in [1.82, 2.24) is 15.2 Å². The maximum absolute atomic E-state index is 13.0. The number of hydrogen-bond acceptors (Lipinski definition) is 5. The molecule has 1 aromatic heterocycles. The molecule has 0 saturated heterocycles. The highest BCUT2D eigenvalue weighted by Crippen LogP contribution is 2.14. The van der Waals surface area contributed by atoms with E-state index in [-0.39, 0.29) is 5.82 Å². The minimum absolute atomic E-state index is 0.313. The average Bonchev–Trinajstić information content (AvgIpc) is 2.37. The van der Waals surface area contributed by atoms with Crippen LogP contribution in [0.5, 0.6) is 0 Å². The van der Waals surface area contributed by atoms with E-state index in [4.69, 9.17) is 0 Å². The van der Waals surface area contributed by atoms with Gasteiger partial charge >= 0.3 is 0 Å². The maximum Gasteiger partial charge on any atom is 0.249 e. The lowest BCUT2D eigenvalue weighted by molar-refractivity contribution is 0.628. The van der Waals surface area contributed by atoms with Crippen LogP contribution in [0.2, 0.25) is 0 Å². The molecule has 0 aliphatic carbocycles. The Labute approximate surface area is 111 Å². The SMILES string of the molecule is CC(C)CNc1cnnc(Nc2cccc(F)c2)n1. The van der Waals surface area contributed by atoms with Gasteiger partial charge in [0.05, 0.1) is 6.20 Å². The standard InChI is InChI=1S/C13H16FN5/c1-9(2)7-15-12-8-16-19-13(18-12)17-11-5-3-4-10(14)6-11/h3-6,8-9H,7H2,1-2H3,(H2,15,17,18,19). The molecule has 2 aromatic rings. The predicted octanol–water partition coefficient (Wildman–Crippen LogP) is 2.82. The van der Waals surface area contributed by atoms with Gasteiger partial charge in [-0.15, -0.1) is 5.10 Å². The summed E-state index contributed by atoms with van der Waals surface area (Å²) in [6.07, 6.45) is 1.55. The summed E-state index contributed by atoms with van der Waals surface area (Å²) < 4.78 is 13.0. The van der Waals surface area contributed by atoms with Gasteiger partial charge in [0.1, 0.15) is 5.82 Å². The van der Waals surface area contributed by atoms with Gasteiger partial charge < -0.3 is 10.6 Å². The number of rotatable bonds is 5. The van der Waals surface area contributed by atoms with Crippen LogP contribution in [0.1, 0.15) is 13.8 Å². The van der Waals surface area contributed by atoms with Gasteiger partial charge in [-0.25, -0.2) is 4.39 Å². The Kier molecular flexibility index (Phi) is 4.22. The summed E-state index contributed by atoms with van der Waals surface area (Å²) in [6, 6.07) is 6.11. The first-order chi connectivity index (χ1) is 9.13. The number of aromatic nitrogens is 3. The number of nitrogens with zero attached hydrogens (tertiary/aromatic N) is 3. The molecule has 0 spiro atoms. The van der Waals surface area contributed by atoms with Crippen LogP contribution in [-0.4, -0.2) is 21.7 Å². The van der Waals surface area contributed by atoms with Gasteiger partial charge in [0.15, 0.2) is 5.82 Å². The van der Waals surface area contributed by atoms with Crippen LogP contribution in [0.25, 0.3) is 0 Å². The Morgan fingerprint density at radius 1 is 1.32 bits per heavy atom. The van der Waals surface area contributed by atoms with Crippen LogP contribution in [0.3, 0.4) is 0 Å². The number of anilines is 3. The molecule has 5 nitrogen and oxygen atoms in total. The Morgan fingerprint density at radius 3 is 2.89 bits per heavy atom. The Bertz CT molecular complexity index is 544. The number of nitrogens with one attached hydrogen (secondary N) is 2. The molecule has 2 N–H and O–H groups in total. The quantitative estimate of drug-likeness (QED) is 0.866. The molecule has 0 atom stereocenters. The molecular formula is C13H16FN5. The maximum atomic E-state index is 13.0. The fourth-order valence-electron chi connectivity index (χ4n) is 1.45. The molecule has 0 saturated carbocycles. The molecule has 0 radical (unpaired) electrons. The highest BCUT2D eigenvalue weighted by molar-refractivity contribution is 5.53. The number of benzene rings is 1. The average molecular weight is 261 g/mol. The Hall–Kier alpha value is -2.24. The third kappa shape index (κ3) is 4.17. The van der Waals surface area contributed by atoms with E-state index in [1.807, 2.05) is 0 Å². The van der Waals surface area contributed by atoms with E-state index in [2.05, 4.69) is 39.7 Å². The van der Waals surface area contributed by atoms with Crippen molar-refractivity contribution in [2.45, 2.75) is 13.8 Å². The fourth-order valence-corrected chi connectivity index (χ4v) is 1.45. The zero-order valence-electron chi connectivity index (χ0n) is 10.9. The molecule has 1 heterocycles. The topological polar surface area (TPSA) is 62.7 Å². The van der Waals surface area contributed by atoms with Crippen LogP contribution >= 0.6 is 0 Å². The van der Waals surface area contributed by atoms with E-state index in [0.29, 0.717) is 23.4 Å². The highest BCUT2D eigenvalue weighted by Gasteiger charge is 2.02. The second kappa shape index (κ2) is 6.08. The van der Waals surface area contributed by atoms with E-state index < -0.39 is 0 Å². The summed E-state index contributed by atoms with van der Waals surface area (Å²) in [5.74, 6) is 1.17. The van der Waals surface area contributed by atoms with E-state index in [1.54, 1.807) is 18.3 Å². The third-order valence-electron chi connectivity index (χ3n) is 2.33. The minimum Gasteiger partial charge on any atom is -0.368 e. The van der Waals surface area contributed by atoms with Crippen molar-refractivity contribution in [2.75, 3.05) is 17.2 Å². The van der Waals surface area contributed by atoms with E-state index in [1.165, 1.54) is 12.1 Å². The molecule has 1 aromatic carbocycles. The molecule has 0 unspecified atom stereocenters. The second-order valence-electron chi connectivity index (χ2n) is 4.58. The fraction of sp³-hybridized carbons (Fsp3) is 0.308. The molecule has 100 valence electrons. The van der Waals surface area contributed by atoms with Crippen molar-refractivity contribution in [1.29, 1.82) is 0 Å². The van der Waals surface area contributed by atoms with Gasteiger partial charge in [-0.2, -0.15) is 10.1 Å². The van der Waals surface area contributed by atoms with Gasteiger partial charge in [0.2, 0.25) is 5.95 Å². The predicted molar refractivity (Wildman–Crippen MR) is 72.8 cm³/mol. The minimum atomic E-state index is -0.313. The highest BCUT2D eigenvalue weighted by atomic mass is 19.1. The van der Waals surface area contributed by atoms with Crippen molar-refractivity contribution in [3.63, 3.8) is 0 Å². The molecule has 6 heteroatoms. The second-order valence-corrected chi connectivity index (χ2v) is 4.58. The van der Waals surface area contributed by atoms with Crippen molar-refractivity contribution in [3.05, 3.63) is 36.3 Å². The summed E-state index contributed by atoms with van der Waals surface area (Å²) >= 11 is 0. The summed E-state index contributed by atoms with van der Waals surface area (Å²) in [5, 5.41) is 13.8. The van der Waals surface area contributed by atoms with E-state index >= 15 is 0 Å². The molecule has 0 fully saturated rings. The summed E-state index contributed by atoms with van der Waals surface area (Å²) in [7, 11) is 0. The van der Waals surface area contributed by atoms with E-state index in [0.717, 1.165) is 6.54 Å². The van der Waals surface area contributed by atoms with E-state index in [9.17, 15) is 4.39 Å². The van der Waals surface area contributed by atoms with Crippen molar-refractivity contribution in [2.24, 2.45) is 5.92 Å². The summed E-state index contributed by atoms with van der Waals surface area (Å²) in [6.45, 7) is 5.01. The Morgan fingerprint density at radius 2 is 2.16 bits per heavy atom. The zero-order valence-corrected chi connectivity index (χ0v) is 10.9. The monoisotopic (exact) mass is 261 g/mol. The number of halogens is 1. The molecule has 0 aliphatic rings. The van der Waals surface area contributed by atoms with Crippen molar-refractivity contribution >= 4 is 17.5 Å². The first-order valence-electron chi connectivity index (χ1n) is 6.09. The smallest absolute Gasteiger partial charge is 0.249 e. The van der Waals surface area contributed by atoms with Crippen LogP contribution in [-0.2, 0) is 0 Å². The first-order valence-corrected chi connectivity index (χ1v) is 6.09. The molecule has 2 rings (SSSR count). The van der Waals surface area contributed by atoms with Gasteiger partial charge in [0.25, 0.3) is 0 Å². The summed E-state index contributed by atoms with van der Waals surface area (Å²) in [5.41, 5.74) is 0.586. The van der Waals surface area contributed by atoms with Gasteiger partial charge in [-0.05, 0) is 24.1 Å². The molecular weight excluding hydrogens is 245 g/mol. The van der Waals surface area contributed by atoms with Crippen molar-refractivity contribution < 1.29 is 4.39 Å². The van der Waals surface area contributed by atoms with Gasteiger partial charge in [-0.3, -0.25) is 0 Å². The molecule has 0 aliphatic heterocycles. The van der Waals surface area contributed by atoms with Crippen LogP contribution in [0, 0.1) is 11.7 Å². The molecule has 0 bridgehead atoms. The van der Waals surface area contributed by atoms with Crippen molar-refractivity contribution in [3.8, 4) is 0 Å². The third-order valence-corrected chi connectivity index (χ3v) is 2.33. The zero-order chi connectivity index (χ0) is 13.7. The molecule has 19 heavy (non-hydrogen) atoms. The van der Waals surface area contributed by atoms with Gasteiger partial charge in [-0.1, -0.05) is 19.9 Å². The van der Waals surface area contributed by atoms with Crippen LogP contribution in [0.15, 0.2) is 30.5 Å². The lowest BCUT2D eigenvalue weighted by Crippen LogP contribution is -2.10. The van der Waals surface area contributed by atoms with Crippen LogP contribution < -0.4 is 10.6 Å². The van der Waals surface area contributed by atoms with Crippen LogP contribution in [0.4, 0.5) is 21.8 Å². The lowest BCUT2D eigenvalue weighted by atomic mass is 10.2. The first kappa shape index (κ1) is 13.2. The largest absolute Gasteiger partial charge is 0.368 e. The lowest BCUT2D eigenvalue weighted by Gasteiger charge is -2.09. The number of hydrogen-bond donors (Lipinski definition) is 2. The normalized spacial score (nSPS) is 10.5. The Balaban J connectivity index is 2.06. The van der Waals surface area contributed by atoms with Gasteiger partial charge in [0, 0.05) is 12.2 Å².